The number of nitro groups is 1. The van der Waals surface area contributed by atoms with E-state index in [1.54, 1.807) is 43.3 Å². The van der Waals surface area contributed by atoms with Crippen molar-refractivity contribution in [3.63, 3.8) is 0 Å². The van der Waals surface area contributed by atoms with Crippen LogP contribution in [0.4, 0.5) is 11.4 Å². The topological polar surface area (TPSA) is 127 Å². The van der Waals surface area contributed by atoms with Crippen LogP contribution in [0.1, 0.15) is 34.5 Å². The van der Waals surface area contributed by atoms with Gasteiger partial charge < -0.3 is 9.84 Å². The van der Waals surface area contributed by atoms with Crippen molar-refractivity contribution in [1.29, 1.82) is 0 Å². The molecule has 9 heteroatoms. The predicted octanol–water partition coefficient (Wildman–Crippen LogP) is 4.40. The highest BCUT2D eigenvalue weighted by Crippen LogP contribution is 2.42. The highest BCUT2D eigenvalue weighted by molar-refractivity contribution is 6.51. The van der Waals surface area contributed by atoms with Gasteiger partial charge in [0, 0.05) is 23.4 Å². The second-order valence-corrected chi connectivity index (χ2v) is 7.65. The van der Waals surface area contributed by atoms with Crippen molar-refractivity contribution in [3.05, 3.63) is 111 Å². The number of carbonyl (C=O) groups excluding carboxylic acids is 3. The van der Waals surface area contributed by atoms with Crippen LogP contribution in [0.5, 0.6) is 0 Å². The van der Waals surface area contributed by atoms with E-state index in [1.807, 2.05) is 0 Å². The summed E-state index contributed by atoms with van der Waals surface area (Å²) in [7, 11) is 0. The number of Topliss-reactive ketones (excluding diaryl/α,β-unsaturated/α-hetero) is 1. The van der Waals surface area contributed by atoms with Crippen LogP contribution in [0, 0.1) is 10.1 Å². The fourth-order valence-corrected chi connectivity index (χ4v) is 3.95. The number of carbonyl (C=O) groups is 3. The average Bonchev–Trinajstić information content (AvgIpc) is 3.14. The zero-order valence-corrected chi connectivity index (χ0v) is 18.6. The second-order valence-electron chi connectivity index (χ2n) is 7.65. The van der Waals surface area contributed by atoms with E-state index in [0.717, 1.165) is 4.90 Å². The lowest BCUT2D eigenvalue weighted by atomic mass is 9.94. The summed E-state index contributed by atoms with van der Waals surface area (Å²) in [6.07, 6.45) is 0. The molecule has 3 aromatic rings. The molecule has 0 radical (unpaired) electrons. The van der Waals surface area contributed by atoms with E-state index in [-0.39, 0.29) is 34.7 Å². The molecule has 0 saturated carbocycles. The number of aliphatic hydroxyl groups excluding tert-OH is 1. The van der Waals surface area contributed by atoms with Crippen molar-refractivity contribution < 1.29 is 29.2 Å². The van der Waals surface area contributed by atoms with Gasteiger partial charge in [0.1, 0.15) is 5.76 Å². The number of anilines is 1. The number of ether oxygens (including phenoxy) is 1. The van der Waals surface area contributed by atoms with Gasteiger partial charge in [0.05, 0.1) is 28.7 Å². The molecule has 0 unspecified atom stereocenters. The van der Waals surface area contributed by atoms with E-state index >= 15 is 0 Å². The smallest absolute Gasteiger partial charge is 0.338 e. The molecule has 1 heterocycles. The van der Waals surface area contributed by atoms with Crippen molar-refractivity contribution in [3.8, 4) is 0 Å². The number of ketones is 1. The number of amides is 1. The number of hydrogen-bond donors (Lipinski definition) is 1. The van der Waals surface area contributed by atoms with Crippen molar-refractivity contribution in [2.24, 2.45) is 0 Å². The number of hydrogen-bond acceptors (Lipinski definition) is 7. The first-order valence-electron chi connectivity index (χ1n) is 10.7. The normalized spacial score (nSPS) is 16.8. The van der Waals surface area contributed by atoms with Crippen molar-refractivity contribution in [2.75, 3.05) is 11.5 Å². The molecule has 1 aliphatic heterocycles. The Kier molecular flexibility index (Phi) is 6.41. The van der Waals surface area contributed by atoms with Crippen LogP contribution in [0.3, 0.4) is 0 Å². The van der Waals surface area contributed by atoms with Crippen molar-refractivity contribution >= 4 is 34.8 Å². The minimum absolute atomic E-state index is 0.196. The summed E-state index contributed by atoms with van der Waals surface area (Å²) in [6, 6.07) is 18.5. The molecule has 0 bridgehead atoms. The molecule has 3 aromatic carbocycles. The lowest BCUT2D eigenvalue weighted by molar-refractivity contribution is -0.384. The molecule has 0 aromatic heterocycles. The van der Waals surface area contributed by atoms with Gasteiger partial charge in [-0.15, -0.1) is 0 Å². The third-order valence-electron chi connectivity index (χ3n) is 5.55. The number of nitrogens with zero attached hydrogens (tertiary/aromatic N) is 2. The third-order valence-corrected chi connectivity index (χ3v) is 5.55. The Labute approximate surface area is 200 Å². The number of esters is 1. The highest BCUT2D eigenvalue weighted by atomic mass is 16.6. The standard InChI is InChI=1S/C26H20N2O7/c1-2-35-26(32)17-11-13-19(14-12-17)27-22(18-9-6-10-20(15-18)28(33)34)21(24(30)25(27)31)23(29)16-7-4-3-5-8-16/h3-15,22,29H,2H2,1H3/b23-21+/t22-/m1/s1. The molecule has 1 fully saturated rings. The maximum atomic E-state index is 13.2. The Morgan fingerprint density at radius 3 is 2.31 bits per heavy atom. The second kappa shape index (κ2) is 9.60. The van der Waals surface area contributed by atoms with Gasteiger partial charge in [0.15, 0.2) is 0 Å². The zero-order chi connectivity index (χ0) is 25.1. The van der Waals surface area contributed by atoms with Gasteiger partial charge in [-0.3, -0.25) is 24.6 Å². The van der Waals surface area contributed by atoms with E-state index in [0.29, 0.717) is 5.56 Å². The van der Waals surface area contributed by atoms with Crippen LogP contribution in [0.15, 0.2) is 84.4 Å². The van der Waals surface area contributed by atoms with Gasteiger partial charge in [0.2, 0.25) is 0 Å². The summed E-state index contributed by atoms with van der Waals surface area (Å²) >= 11 is 0. The maximum Gasteiger partial charge on any atom is 0.338 e. The molecule has 1 saturated heterocycles. The van der Waals surface area contributed by atoms with Gasteiger partial charge in [-0.05, 0) is 36.8 Å². The summed E-state index contributed by atoms with van der Waals surface area (Å²) in [6.45, 7) is 1.87. The predicted molar refractivity (Wildman–Crippen MR) is 127 cm³/mol. The number of rotatable bonds is 6. The first-order valence-corrected chi connectivity index (χ1v) is 10.7. The zero-order valence-electron chi connectivity index (χ0n) is 18.6. The number of non-ortho nitro benzene ring substituents is 1. The number of aliphatic hydroxyl groups is 1. The van der Waals surface area contributed by atoms with Gasteiger partial charge >= 0.3 is 5.97 Å². The van der Waals surface area contributed by atoms with Crippen LogP contribution in [0.25, 0.3) is 5.76 Å². The molecule has 0 spiro atoms. The molecule has 9 nitrogen and oxygen atoms in total. The first-order chi connectivity index (χ1) is 16.8. The highest BCUT2D eigenvalue weighted by Gasteiger charge is 2.47. The molecule has 0 aliphatic carbocycles. The van der Waals surface area contributed by atoms with Gasteiger partial charge in [-0.2, -0.15) is 0 Å². The monoisotopic (exact) mass is 472 g/mol. The van der Waals surface area contributed by atoms with Crippen LogP contribution in [-0.4, -0.2) is 34.3 Å². The van der Waals surface area contributed by atoms with Gasteiger partial charge in [-0.25, -0.2) is 4.79 Å². The molecular formula is C26H20N2O7. The van der Waals surface area contributed by atoms with E-state index in [1.165, 1.54) is 42.5 Å². The minimum Gasteiger partial charge on any atom is -0.507 e. The molecule has 1 atom stereocenters. The quantitative estimate of drug-likeness (QED) is 0.141. The minimum atomic E-state index is -1.14. The third kappa shape index (κ3) is 4.39. The van der Waals surface area contributed by atoms with Gasteiger partial charge in [-0.1, -0.05) is 42.5 Å². The number of benzene rings is 3. The van der Waals surface area contributed by atoms with Crippen LogP contribution >= 0.6 is 0 Å². The first kappa shape index (κ1) is 23.4. The number of nitro benzene ring substituents is 1. The summed E-state index contributed by atoms with van der Waals surface area (Å²) in [5, 5.41) is 22.4. The van der Waals surface area contributed by atoms with Crippen LogP contribution in [-0.2, 0) is 14.3 Å². The Morgan fingerprint density at radius 1 is 1.00 bits per heavy atom. The SMILES string of the molecule is CCOC(=O)c1ccc(N2C(=O)C(=O)/C(=C(/O)c3ccccc3)[C@H]2c2cccc([N+](=O)[O-])c2)cc1. The molecule has 4 rings (SSSR count). The molecule has 1 amide bonds. The van der Waals surface area contributed by atoms with E-state index < -0.39 is 34.4 Å². The summed E-state index contributed by atoms with van der Waals surface area (Å²) in [4.78, 5) is 50.3. The lowest BCUT2D eigenvalue weighted by Crippen LogP contribution is -2.29. The average molecular weight is 472 g/mol. The molecule has 35 heavy (non-hydrogen) atoms. The van der Waals surface area contributed by atoms with Crippen molar-refractivity contribution in [1.82, 2.24) is 0 Å². The molecule has 1 aliphatic rings. The Morgan fingerprint density at radius 2 is 1.69 bits per heavy atom. The Balaban J connectivity index is 1.89. The van der Waals surface area contributed by atoms with Crippen LogP contribution in [0.2, 0.25) is 0 Å². The fourth-order valence-electron chi connectivity index (χ4n) is 3.95. The van der Waals surface area contributed by atoms with Crippen molar-refractivity contribution in [2.45, 2.75) is 13.0 Å². The summed E-state index contributed by atoms with van der Waals surface area (Å²) in [5.74, 6) is -2.79. The van der Waals surface area contributed by atoms with E-state index in [9.17, 15) is 29.6 Å². The molecule has 176 valence electrons. The lowest BCUT2D eigenvalue weighted by Gasteiger charge is -2.25. The fraction of sp³-hybridized carbons (Fsp3) is 0.115. The van der Waals surface area contributed by atoms with E-state index in [2.05, 4.69) is 0 Å². The molecule has 1 N–H and O–H groups in total. The Bertz CT molecular complexity index is 1350. The van der Waals surface area contributed by atoms with Crippen LogP contribution < -0.4 is 4.90 Å². The Hall–Kier alpha value is -4.79. The molecular weight excluding hydrogens is 452 g/mol. The summed E-state index contributed by atoms with van der Waals surface area (Å²) in [5.41, 5.74) is 0.678. The largest absolute Gasteiger partial charge is 0.507 e. The maximum absolute atomic E-state index is 13.2. The summed E-state index contributed by atoms with van der Waals surface area (Å²) < 4.78 is 4.98. The van der Waals surface area contributed by atoms with Gasteiger partial charge in [0.25, 0.3) is 17.4 Å². The van der Waals surface area contributed by atoms with E-state index in [4.69, 9.17) is 4.74 Å².